The van der Waals surface area contributed by atoms with Gasteiger partial charge in [-0.1, -0.05) is 11.6 Å². The summed E-state index contributed by atoms with van der Waals surface area (Å²) in [5.41, 5.74) is 0.632. The Bertz CT molecular complexity index is 348. The van der Waals surface area contributed by atoms with Crippen LogP contribution in [0, 0.1) is 10.8 Å². The molecule has 0 radical (unpaired) electrons. The molecular weight excluding hydrogens is 236 g/mol. The third kappa shape index (κ3) is 4.99. The van der Waals surface area contributed by atoms with Crippen molar-refractivity contribution in [3.05, 3.63) is 11.8 Å². The molecule has 0 aromatic heterocycles. The van der Waals surface area contributed by atoms with Gasteiger partial charge in [-0.15, -0.1) is 0 Å². The molecule has 1 N–H and O–H groups in total. The first kappa shape index (κ1) is 14.2. The topological polar surface area (TPSA) is 70.3 Å². The number of halogens is 1. The number of allylic oxidation sites excluding steroid dienone is 1. The van der Waals surface area contributed by atoms with Crippen molar-refractivity contribution < 1.29 is 9.00 Å². The first-order valence-corrected chi connectivity index (χ1v) is 6.08. The van der Waals surface area contributed by atoms with Crippen LogP contribution >= 0.6 is 11.6 Å². The monoisotopic (exact) mass is 248 g/mol. The smallest absolute Gasteiger partial charge is 0.130 e. The van der Waals surface area contributed by atoms with Gasteiger partial charge in [-0.05, 0) is 13.8 Å². The zero-order valence-corrected chi connectivity index (χ0v) is 10.4. The Morgan fingerprint density at radius 1 is 1.53 bits per heavy atom. The number of nitrogens with one attached hydrogen (secondary N) is 1. The van der Waals surface area contributed by atoms with E-state index in [-0.39, 0.29) is 5.17 Å². The molecule has 1 atom stereocenters. The predicted octanol–water partition coefficient (Wildman–Crippen LogP) is 1.72. The molecule has 0 rings (SSSR count). The first-order valence-electron chi connectivity index (χ1n) is 4.08. The lowest BCUT2D eigenvalue weighted by atomic mass is 9.87. The molecule has 6 heteroatoms. The number of hydrogen-bond acceptors (Lipinski definition) is 4. The summed E-state index contributed by atoms with van der Waals surface area (Å²) in [5, 5.41) is 7.04. The van der Waals surface area contributed by atoms with Crippen molar-refractivity contribution in [3.8, 4) is 0 Å². The van der Waals surface area contributed by atoms with E-state index in [1.165, 1.54) is 18.0 Å². The molecule has 0 aliphatic rings. The normalized spacial score (nSPS) is 15.3. The fraction of sp³-hybridized carbons (Fsp3) is 0.444. The van der Waals surface area contributed by atoms with Gasteiger partial charge in [0, 0.05) is 23.4 Å². The second kappa shape index (κ2) is 5.92. The van der Waals surface area contributed by atoms with Gasteiger partial charge in [0.2, 0.25) is 0 Å². The molecule has 0 aromatic rings. The highest BCUT2D eigenvalue weighted by molar-refractivity contribution is 7.97. The van der Waals surface area contributed by atoms with E-state index in [0.717, 1.165) is 0 Å². The SMILES string of the molecule is CS(=O)C=N/C=C(\C(=N)Cl)C(C)(C)C=O. The molecule has 0 aliphatic carbocycles. The quantitative estimate of drug-likeness (QED) is 0.457. The van der Waals surface area contributed by atoms with E-state index >= 15 is 0 Å². The number of rotatable bonds is 5. The van der Waals surface area contributed by atoms with Crippen molar-refractivity contribution >= 4 is 39.4 Å². The molecule has 0 amide bonds. The second-order valence-corrected chi connectivity index (χ2v) is 5.04. The van der Waals surface area contributed by atoms with Crippen LogP contribution in [0.25, 0.3) is 0 Å². The van der Waals surface area contributed by atoms with Crippen molar-refractivity contribution in [1.82, 2.24) is 0 Å². The molecular formula is C9H13ClN2O2S. The van der Waals surface area contributed by atoms with Gasteiger partial charge in [-0.25, -0.2) is 0 Å². The van der Waals surface area contributed by atoms with Gasteiger partial charge in [0.1, 0.15) is 11.5 Å². The molecule has 0 aromatic carbocycles. The zero-order chi connectivity index (χ0) is 12.1. The summed E-state index contributed by atoms with van der Waals surface area (Å²) in [4.78, 5) is 14.5. The highest BCUT2D eigenvalue weighted by Gasteiger charge is 2.25. The predicted molar refractivity (Wildman–Crippen MR) is 64.1 cm³/mol. The van der Waals surface area contributed by atoms with E-state index in [2.05, 4.69) is 4.99 Å². The van der Waals surface area contributed by atoms with E-state index in [1.54, 1.807) is 13.8 Å². The number of nitrogens with zero attached hydrogens (tertiary/aromatic N) is 1. The van der Waals surface area contributed by atoms with Crippen molar-refractivity contribution in [2.45, 2.75) is 13.8 Å². The fourth-order valence-corrected chi connectivity index (χ4v) is 1.28. The molecule has 84 valence electrons. The highest BCUT2D eigenvalue weighted by Crippen LogP contribution is 2.25. The largest absolute Gasteiger partial charge is 0.302 e. The van der Waals surface area contributed by atoms with Crippen molar-refractivity contribution in [1.29, 1.82) is 5.41 Å². The molecule has 4 nitrogen and oxygen atoms in total. The minimum atomic E-state index is -1.16. The van der Waals surface area contributed by atoms with E-state index in [9.17, 15) is 9.00 Å². The second-order valence-electron chi connectivity index (χ2n) is 3.45. The fourth-order valence-electron chi connectivity index (χ4n) is 0.760. The van der Waals surface area contributed by atoms with Crippen LogP contribution in [-0.4, -0.2) is 27.5 Å². The standard InChI is InChI=1S/C9H13ClN2O2S/c1-9(2,5-13)7(8(10)11)4-12-6-15(3)14/h4-6,11H,1-3H3/b7-4+,11-8?,12-6?. The zero-order valence-electron chi connectivity index (χ0n) is 8.78. The maximum atomic E-state index is 10.8. The summed E-state index contributed by atoms with van der Waals surface area (Å²) < 4.78 is 10.7. The lowest BCUT2D eigenvalue weighted by molar-refractivity contribution is -0.113. The van der Waals surface area contributed by atoms with Gasteiger partial charge < -0.3 is 4.79 Å². The number of aliphatic imine (C=N–C) groups is 1. The molecule has 15 heavy (non-hydrogen) atoms. The van der Waals surface area contributed by atoms with E-state index < -0.39 is 16.2 Å². The molecule has 0 saturated carbocycles. The van der Waals surface area contributed by atoms with Crippen molar-refractivity contribution in [2.24, 2.45) is 10.4 Å². The van der Waals surface area contributed by atoms with Gasteiger partial charge in [-0.3, -0.25) is 14.6 Å². The van der Waals surface area contributed by atoms with Gasteiger partial charge in [-0.2, -0.15) is 0 Å². The number of hydrogen-bond donors (Lipinski definition) is 1. The number of aldehydes is 1. The molecule has 0 heterocycles. The molecule has 0 saturated heterocycles. The minimum absolute atomic E-state index is 0.244. The van der Waals surface area contributed by atoms with Gasteiger partial charge in [0.05, 0.1) is 16.3 Å². The third-order valence-corrected chi connectivity index (χ3v) is 2.26. The van der Waals surface area contributed by atoms with Crippen molar-refractivity contribution in [2.75, 3.05) is 6.26 Å². The minimum Gasteiger partial charge on any atom is -0.302 e. The Balaban J connectivity index is 5.07. The molecule has 0 aliphatic heterocycles. The Kier molecular flexibility index (Phi) is 5.60. The van der Waals surface area contributed by atoms with E-state index in [0.29, 0.717) is 11.9 Å². The molecule has 1 unspecified atom stereocenters. The van der Waals surface area contributed by atoms with Crippen LogP contribution in [0.5, 0.6) is 0 Å². The average molecular weight is 249 g/mol. The maximum Gasteiger partial charge on any atom is 0.130 e. The Morgan fingerprint density at radius 2 is 2.07 bits per heavy atom. The van der Waals surface area contributed by atoms with Gasteiger partial charge in [0.15, 0.2) is 0 Å². The number of carbonyl (C=O) groups is 1. The summed E-state index contributed by atoms with van der Waals surface area (Å²) >= 11 is 5.53. The Hall–Kier alpha value is -0.810. The van der Waals surface area contributed by atoms with Crippen LogP contribution in [0.3, 0.4) is 0 Å². The van der Waals surface area contributed by atoms with Crippen molar-refractivity contribution in [3.63, 3.8) is 0 Å². The maximum absolute atomic E-state index is 10.8. The van der Waals surface area contributed by atoms with E-state index in [1.807, 2.05) is 0 Å². The van der Waals surface area contributed by atoms with Crippen LogP contribution in [0.1, 0.15) is 13.8 Å². The first-order chi connectivity index (χ1) is 6.81. The lowest BCUT2D eigenvalue weighted by Crippen LogP contribution is -2.20. The third-order valence-electron chi connectivity index (χ3n) is 1.64. The lowest BCUT2D eigenvalue weighted by Gasteiger charge is -2.18. The summed E-state index contributed by atoms with van der Waals surface area (Å²) in [6.45, 7) is 3.25. The Labute approximate surface area is 96.4 Å². The van der Waals surface area contributed by atoms with Gasteiger partial charge in [0.25, 0.3) is 0 Å². The average Bonchev–Trinajstić information content (AvgIpc) is 2.11. The van der Waals surface area contributed by atoms with Crippen LogP contribution in [0.15, 0.2) is 16.8 Å². The summed E-state index contributed by atoms with van der Waals surface area (Å²) in [6.07, 6.45) is 3.44. The summed E-state index contributed by atoms with van der Waals surface area (Å²) in [5.74, 6) is 0. The van der Waals surface area contributed by atoms with E-state index in [4.69, 9.17) is 17.0 Å². The van der Waals surface area contributed by atoms with Crippen LogP contribution < -0.4 is 0 Å². The summed E-state index contributed by atoms with van der Waals surface area (Å²) in [7, 11) is -1.16. The van der Waals surface area contributed by atoms with Crippen LogP contribution in [0.2, 0.25) is 0 Å². The van der Waals surface area contributed by atoms with Crippen LogP contribution in [0.4, 0.5) is 0 Å². The van der Waals surface area contributed by atoms with Crippen LogP contribution in [-0.2, 0) is 15.6 Å². The summed E-state index contributed by atoms with van der Waals surface area (Å²) in [6, 6.07) is 0. The number of carbonyl (C=O) groups excluding carboxylic acids is 1. The Morgan fingerprint density at radius 3 is 2.40 bits per heavy atom. The molecule has 0 spiro atoms. The van der Waals surface area contributed by atoms with Gasteiger partial charge >= 0.3 is 0 Å². The molecule has 0 fully saturated rings. The highest BCUT2D eigenvalue weighted by atomic mass is 35.5. The molecule has 0 bridgehead atoms.